The van der Waals surface area contributed by atoms with E-state index in [1.165, 1.54) is 32.5 Å². The van der Waals surface area contributed by atoms with Gasteiger partial charge in [-0.15, -0.1) is 0 Å². The van der Waals surface area contributed by atoms with E-state index in [4.69, 9.17) is 4.74 Å². The molecule has 82 valence electrons. The summed E-state index contributed by atoms with van der Waals surface area (Å²) in [6.07, 6.45) is 3.21. The molecule has 0 spiro atoms. The predicted molar refractivity (Wildman–Crippen MR) is 57.5 cm³/mol. The smallest absolute Gasteiger partial charge is 0.0936 e. The van der Waals surface area contributed by atoms with Crippen LogP contribution in [0.3, 0.4) is 0 Å². The summed E-state index contributed by atoms with van der Waals surface area (Å²) in [5.41, 5.74) is 0. The van der Waals surface area contributed by atoms with Crippen LogP contribution in [-0.4, -0.2) is 61.8 Å². The van der Waals surface area contributed by atoms with E-state index in [1.807, 2.05) is 0 Å². The van der Waals surface area contributed by atoms with Gasteiger partial charge in [-0.2, -0.15) is 0 Å². The van der Waals surface area contributed by atoms with Crippen LogP contribution in [-0.2, 0) is 4.74 Å². The molecule has 14 heavy (non-hydrogen) atoms. The van der Waals surface area contributed by atoms with Crippen molar-refractivity contribution in [1.82, 2.24) is 9.80 Å². The van der Waals surface area contributed by atoms with E-state index in [0.29, 0.717) is 6.10 Å². The number of hydrogen-bond acceptors (Lipinski definition) is 3. The highest BCUT2D eigenvalue weighted by atomic mass is 16.6. The van der Waals surface area contributed by atoms with Gasteiger partial charge in [-0.05, 0) is 39.5 Å². The van der Waals surface area contributed by atoms with Crippen molar-refractivity contribution in [2.24, 2.45) is 0 Å². The topological polar surface area (TPSA) is 19.0 Å². The van der Waals surface area contributed by atoms with Gasteiger partial charge in [0.15, 0.2) is 0 Å². The second-order valence-corrected chi connectivity index (χ2v) is 4.56. The number of nitrogens with zero attached hydrogens (tertiary/aromatic N) is 2. The minimum atomic E-state index is 0.546. The lowest BCUT2D eigenvalue weighted by Crippen LogP contribution is -2.44. The normalized spacial score (nSPS) is 29.8. The molecule has 0 aliphatic carbocycles. The molecule has 1 unspecified atom stereocenters. The molecule has 2 aliphatic rings. The molecule has 2 heterocycles. The quantitative estimate of drug-likeness (QED) is 0.623. The molecule has 2 aliphatic heterocycles. The van der Waals surface area contributed by atoms with E-state index in [1.54, 1.807) is 0 Å². The molecule has 0 aromatic carbocycles. The zero-order chi connectivity index (χ0) is 9.97. The molecule has 2 fully saturated rings. The highest BCUT2D eigenvalue weighted by Gasteiger charge is 2.28. The number of ether oxygens (including phenoxy) is 1. The number of epoxide rings is 1. The Morgan fingerprint density at radius 2 is 2.00 bits per heavy atom. The molecule has 0 saturated carbocycles. The van der Waals surface area contributed by atoms with E-state index >= 15 is 0 Å². The fraction of sp³-hybridized carbons (Fsp3) is 1.00. The first-order chi connectivity index (χ1) is 6.79. The Balaban J connectivity index is 1.70. The zero-order valence-corrected chi connectivity index (χ0v) is 9.41. The van der Waals surface area contributed by atoms with Crippen LogP contribution in [0.1, 0.15) is 19.8 Å². The van der Waals surface area contributed by atoms with Crippen molar-refractivity contribution in [3.8, 4) is 0 Å². The molecule has 3 nitrogen and oxygen atoms in total. The summed E-state index contributed by atoms with van der Waals surface area (Å²) in [4.78, 5) is 5.03. The first-order valence-electron chi connectivity index (χ1n) is 5.83. The van der Waals surface area contributed by atoms with Crippen molar-refractivity contribution < 1.29 is 4.74 Å². The van der Waals surface area contributed by atoms with Crippen molar-refractivity contribution in [2.75, 3.05) is 39.8 Å². The molecule has 0 aromatic heterocycles. The Morgan fingerprint density at radius 3 is 2.50 bits per heavy atom. The van der Waals surface area contributed by atoms with Crippen LogP contribution < -0.4 is 0 Å². The third-order valence-corrected chi connectivity index (χ3v) is 3.52. The van der Waals surface area contributed by atoms with E-state index in [2.05, 4.69) is 23.8 Å². The SMILES string of the molecule is CCN1CCC(N(C)CC2CO2)CC1. The van der Waals surface area contributed by atoms with Gasteiger partial charge in [0.2, 0.25) is 0 Å². The second kappa shape index (κ2) is 4.60. The summed E-state index contributed by atoms with van der Waals surface area (Å²) < 4.78 is 5.26. The van der Waals surface area contributed by atoms with Crippen LogP contribution in [0, 0.1) is 0 Å². The van der Waals surface area contributed by atoms with Gasteiger partial charge in [-0.25, -0.2) is 0 Å². The van der Waals surface area contributed by atoms with Crippen LogP contribution in [0.5, 0.6) is 0 Å². The Kier molecular flexibility index (Phi) is 3.42. The highest BCUT2D eigenvalue weighted by Crippen LogP contribution is 2.18. The molecule has 2 saturated heterocycles. The van der Waals surface area contributed by atoms with Crippen molar-refractivity contribution in [1.29, 1.82) is 0 Å². The summed E-state index contributed by atoms with van der Waals surface area (Å²) in [6.45, 7) is 8.13. The minimum Gasteiger partial charge on any atom is -0.372 e. The summed E-state index contributed by atoms with van der Waals surface area (Å²) >= 11 is 0. The number of hydrogen-bond donors (Lipinski definition) is 0. The van der Waals surface area contributed by atoms with E-state index < -0.39 is 0 Å². The lowest BCUT2D eigenvalue weighted by molar-refractivity contribution is 0.125. The highest BCUT2D eigenvalue weighted by molar-refractivity contribution is 4.81. The standard InChI is InChI=1S/C11H22N2O/c1-3-13-6-4-10(5-7-13)12(2)8-11-9-14-11/h10-11H,3-9H2,1-2H3. The van der Waals surface area contributed by atoms with Gasteiger partial charge in [-0.1, -0.05) is 6.92 Å². The maximum Gasteiger partial charge on any atom is 0.0936 e. The molecule has 0 radical (unpaired) electrons. The van der Waals surface area contributed by atoms with Gasteiger partial charge in [-0.3, -0.25) is 0 Å². The molecular formula is C11H22N2O. The van der Waals surface area contributed by atoms with Gasteiger partial charge in [0.05, 0.1) is 12.7 Å². The third kappa shape index (κ3) is 2.69. The molecule has 0 bridgehead atoms. The first kappa shape index (κ1) is 10.4. The average molecular weight is 198 g/mol. The lowest BCUT2D eigenvalue weighted by Gasteiger charge is -2.36. The summed E-state index contributed by atoms with van der Waals surface area (Å²) in [5.74, 6) is 0. The van der Waals surface area contributed by atoms with Crippen LogP contribution in [0.4, 0.5) is 0 Å². The van der Waals surface area contributed by atoms with Crippen LogP contribution in [0.15, 0.2) is 0 Å². The zero-order valence-electron chi connectivity index (χ0n) is 9.41. The summed E-state index contributed by atoms with van der Waals surface area (Å²) in [5, 5.41) is 0. The molecule has 0 aromatic rings. The molecule has 0 amide bonds. The Morgan fingerprint density at radius 1 is 1.36 bits per heavy atom. The number of piperidine rings is 1. The molecule has 3 heteroatoms. The lowest BCUT2D eigenvalue weighted by atomic mass is 10.0. The van der Waals surface area contributed by atoms with E-state index in [9.17, 15) is 0 Å². The second-order valence-electron chi connectivity index (χ2n) is 4.56. The van der Waals surface area contributed by atoms with Crippen LogP contribution >= 0.6 is 0 Å². The maximum absolute atomic E-state index is 5.26. The Bertz CT molecular complexity index is 174. The van der Waals surface area contributed by atoms with Crippen molar-refractivity contribution in [2.45, 2.75) is 31.9 Å². The number of rotatable bonds is 4. The minimum absolute atomic E-state index is 0.546. The predicted octanol–water partition coefficient (Wildman–Crippen LogP) is 0.801. The fourth-order valence-electron chi connectivity index (χ4n) is 2.32. The van der Waals surface area contributed by atoms with Gasteiger partial charge in [0.1, 0.15) is 0 Å². The van der Waals surface area contributed by atoms with Gasteiger partial charge < -0.3 is 14.5 Å². The summed E-state index contributed by atoms with van der Waals surface area (Å²) in [7, 11) is 2.24. The van der Waals surface area contributed by atoms with Crippen LogP contribution in [0.2, 0.25) is 0 Å². The summed E-state index contributed by atoms with van der Waals surface area (Å²) in [6, 6.07) is 0.794. The molecule has 0 N–H and O–H groups in total. The van der Waals surface area contributed by atoms with Gasteiger partial charge in [0, 0.05) is 12.6 Å². The fourth-order valence-corrected chi connectivity index (χ4v) is 2.32. The van der Waals surface area contributed by atoms with E-state index in [-0.39, 0.29) is 0 Å². The first-order valence-corrected chi connectivity index (χ1v) is 5.83. The van der Waals surface area contributed by atoms with E-state index in [0.717, 1.165) is 19.2 Å². The van der Waals surface area contributed by atoms with Crippen molar-refractivity contribution in [3.05, 3.63) is 0 Å². The molecule has 2 rings (SSSR count). The van der Waals surface area contributed by atoms with Crippen molar-refractivity contribution in [3.63, 3.8) is 0 Å². The Labute approximate surface area is 87.0 Å². The maximum atomic E-state index is 5.26. The Hall–Kier alpha value is -0.120. The molecular weight excluding hydrogens is 176 g/mol. The largest absolute Gasteiger partial charge is 0.372 e. The van der Waals surface area contributed by atoms with Crippen molar-refractivity contribution >= 4 is 0 Å². The monoisotopic (exact) mass is 198 g/mol. The third-order valence-electron chi connectivity index (χ3n) is 3.52. The number of likely N-dealkylation sites (N-methyl/N-ethyl adjacent to an activating group) is 1. The van der Waals surface area contributed by atoms with Crippen LogP contribution in [0.25, 0.3) is 0 Å². The number of likely N-dealkylation sites (tertiary alicyclic amines) is 1. The van der Waals surface area contributed by atoms with Gasteiger partial charge >= 0.3 is 0 Å². The average Bonchev–Trinajstić information content (AvgIpc) is 3.02. The molecule has 1 atom stereocenters. The van der Waals surface area contributed by atoms with Gasteiger partial charge in [0.25, 0.3) is 0 Å².